The van der Waals surface area contributed by atoms with Crippen molar-refractivity contribution >= 4 is 58.5 Å². The molecule has 2 aliphatic rings. The largest absolute Gasteiger partial charge is 0.369 e. The van der Waals surface area contributed by atoms with Gasteiger partial charge in [-0.05, 0) is 79.8 Å². The van der Waals surface area contributed by atoms with E-state index in [0.717, 1.165) is 22.6 Å². The van der Waals surface area contributed by atoms with Gasteiger partial charge < -0.3 is 15.5 Å². The van der Waals surface area contributed by atoms with Crippen LogP contribution in [-0.2, 0) is 9.59 Å². The van der Waals surface area contributed by atoms with Crippen LogP contribution in [0.1, 0.15) is 44.2 Å². The van der Waals surface area contributed by atoms with Crippen LogP contribution >= 0.6 is 23.2 Å². The zero-order valence-electron chi connectivity index (χ0n) is 19.4. The van der Waals surface area contributed by atoms with Crippen molar-refractivity contribution in [3.63, 3.8) is 0 Å². The zero-order chi connectivity index (χ0) is 24.8. The molecule has 4 rings (SSSR count). The monoisotopic (exact) mass is 500 g/mol. The minimum absolute atomic E-state index is 0.00178. The van der Waals surface area contributed by atoms with Crippen LogP contribution < -0.4 is 15.5 Å². The smallest absolute Gasteiger partial charge is 0.329 e. The fourth-order valence-corrected chi connectivity index (χ4v) is 4.80. The normalized spacial score (nSPS) is 20.4. The molecular formula is C25H26Cl2N4O3. The van der Waals surface area contributed by atoms with E-state index in [1.54, 1.807) is 30.3 Å². The SMILES string of the molecule is CC1CC(C)(C)N(C)c2cc(Cl)c(/C=C3\NC(=O)N(CC(=O)Nc4ccc(Cl)cc4)C3=O)cc21. The molecule has 2 aromatic carbocycles. The molecule has 0 spiro atoms. The average Bonchev–Trinajstić information content (AvgIpc) is 3.02. The predicted molar refractivity (Wildman–Crippen MR) is 135 cm³/mol. The Morgan fingerprint density at radius 1 is 1.21 bits per heavy atom. The fourth-order valence-electron chi connectivity index (χ4n) is 4.46. The van der Waals surface area contributed by atoms with E-state index in [9.17, 15) is 14.4 Å². The van der Waals surface area contributed by atoms with Crippen molar-refractivity contribution in [1.29, 1.82) is 0 Å². The topological polar surface area (TPSA) is 81.8 Å². The van der Waals surface area contributed by atoms with Gasteiger partial charge in [0.15, 0.2) is 0 Å². The highest BCUT2D eigenvalue weighted by Gasteiger charge is 2.36. The first kappa shape index (κ1) is 24.1. The summed E-state index contributed by atoms with van der Waals surface area (Å²) < 4.78 is 0. The summed E-state index contributed by atoms with van der Waals surface area (Å²) in [6, 6.07) is 9.74. The number of benzene rings is 2. The highest BCUT2D eigenvalue weighted by Crippen LogP contribution is 2.44. The number of anilines is 2. The number of halogens is 2. The average molecular weight is 501 g/mol. The van der Waals surface area contributed by atoms with Crippen LogP contribution in [0.3, 0.4) is 0 Å². The van der Waals surface area contributed by atoms with Crippen molar-refractivity contribution in [2.24, 2.45) is 0 Å². The standard InChI is InChI=1S/C25H26Cl2N4O3/c1-14-12-25(2,3)30(4)21-11-19(27)15(9-18(14)21)10-20-23(33)31(24(34)29-20)13-22(32)28-17-7-5-16(26)6-8-17/h5-11,14H,12-13H2,1-4H3,(H,28,32)(H,29,34)/b20-10-. The zero-order valence-corrected chi connectivity index (χ0v) is 20.9. The first-order valence-corrected chi connectivity index (χ1v) is 11.7. The van der Waals surface area contributed by atoms with Crippen LogP contribution in [0.25, 0.3) is 6.08 Å². The van der Waals surface area contributed by atoms with Gasteiger partial charge in [-0.1, -0.05) is 30.1 Å². The Labute approximate surface area is 208 Å². The summed E-state index contributed by atoms with van der Waals surface area (Å²) in [5, 5.41) is 6.21. The molecule has 1 atom stereocenters. The molecule has 34 heavy (non-hydrogen) atoms. The lowest BCUT2D eigenvalue weighted by atomic mass is 9.80. The van der Waals surface area contributed by atoms with Gasteiger partial charge >= 0.3 is 6.03 Å². The third-order valence-electron chi connectivity index (χ3n) is 6.44. The van der Waals surface area contributed by atoms with E-state index in [1.165, 1.54) is 0 Å². The van der Waals surface area contributed by atoms with Crippen molar-refractivity contribution in [1.82, 2.24) is 10.2 Å². The molecule has 4 amide bonds. The van der Waals surface area contributed by atoms with Crippen molar-refractivity contribution in [2.75, 3.05) is 23.8 Å². The molecule has 0 saturated carbocycles. The molecule has 2 heterocycles. The van der Waals surface area contributed by atoms with Crippen LogP contribution in [0.4, 0.5) is 16.2 Å². The summed E-state index contributed by atoms with van der Waals surface area (Å²) in [6.07, 6.45) is 2.53. The van der Waals surface area contributed by atoms with E-state index in [2.05, 4.69) is 36.3 Å². The number of fused-ring (bicyclic) bond motifs is 1. The van der Waals surface area contributed by atoms with Gasteiger partial charge in [0, 0.05) is 34.0 Å². The van der Waals surface area contributed by atoms with Crippen LogP contribution in [0.15, 0.2) is 42.1 Å². The highest BCUT2D eigenvalue weighted by molar-refractivity contribution is 6.32. The van der Waals surface area contributed by atoms with Crippen LogP contribution in [0, 0.1) is 0 Å². The quantitative estimate of drug-likeness (QED) is 0.443. The Morgan fingerprint density at radius 2 is 1.88 bits per heavy atom. The van der Waals surface area contributed by atoms with Crippen molar-refractivity contribution in [3.05, 3.63) is 63.3 Å². The molecule has 9 heteroatoms. The number of imide groups is 1. The maximum absolute atomic E-state index is 12.9. The Hall–Kier alpha value is -3.03. The third kappa shape index (κ3) is 4.63. The Kier molecular flexibility index (Phi) is 6.36. The highest BCUT2D eigenvalue weighted by atomic mass is 35.5. The molecule has 0 radical (unpaired) electrons. The summed E-state index contributed by atoms with van der Waals surface area (Å²) in [5.41, 5.74) is 3.41. The number of amides is 4. The number of carbonyl (C=O) groups excluding carboxylic acids is 3. The molecule has 0 aliphatic carbocycles. The van der Waals surface area contributed by atoms with Gasteiger partial charge in [0.1, 0.15) is 12.2 Å². The fraction of sp³-hybridized carbons (Fsp3) is 0.320. The number of rotatable bonds is 4. The maximum atomic E-state index is 12.9. The van der Waals surface area contributed by atoms with Gasteiger partial charge in [0.2, 0.25) is 5.91 Å². The predicted octanol–water partition coefficient (Wildman–Crippen LogP) is 5.25. The number of hydrogen-bond donors (Lipinski definition) is 2. The Morgan fingerprint density at radius 3 is 2.56 bits per heavy atom. The lowest BCUT2D eigenvalue weighted by Crippen LogP contribution is -2.45. The number of nitrogens with zero attached hydrogens (tertiary/aromatic N) is 2. The maximum Gasteiger partial charge on any atom is 0.329 e. The van der Waals surface area contributed by atoms with Crippen LogP contribution in [0.2, 0.25) is 10.0 Å². The molecule has 2 aromatic rings. The molecule has 1 saturated heterocycles. The van der Waals surface area contributed by atoms with Gasteiger partial charge in [0.25, 0.3) is 5.91 Å². The van der Waals surface area contributed by atoms with E-state index < -0.39 is 24.4 Å². The molecular weight excluding hydrogens is 475 g/mol. The number of carbonyl (C=O) groups is 3. The van der Waals surface area contributed by atoms with Crippen LogP contribution in [0.5, 0.6) is 0 Å². The van der Waals surface area contributed by atoms with Crippen LogP contribution in [-0.4, -0.2) is 41.9 Å². The summed E-state index contributed by atoms with van der Waals surface area (Å²) >= 11 is 12.4. The molecule has 1 unspecified atom stereocenters. The van der Waals surface area contributed by atoms with Gasteiger partial charge in [-0.3, -0.25) is 9.59 Å². The van der Waals surface area contributed by atoms with E-state index >= 15 is 0 Å². The van der Waals surface area contributed by atoms with E-state index in [-0.39, 0.29) is 11.2 Å². The minimum Gasteiger partial charge on any atom is -0.369 e. The molecule has 0 aromatic heterocycles. The Bertz CT molecular complexity index is 1210. The summed E-state index contributed by atoms with van der Waals surface area (Å²) in [5.74, 6) is -0.785. The van der Waals surface area contributed by atoms with Crippen molar-refractivity contribution in [3.8, 4) is 0 Å². The molecule has 2 aliphatic heterocycles. The molecule has 178 valence electrons. The minimum atomic E-state index is -0.661. The second-order valence-corrected chi connectivity index (χ2v) is 10.2. The molecule has 7 nitrogen and oxygen atoms in total. The summed E-state index contributed by atoms with van der Waals surface area (Å²) in [4.78, 5) is 40.8. The second kappa shape index (κ2) is 8.96. The first-order valence-electron chi connectivity index (χ1n) is 10.9. The summed E-state index contributed by atoms with van der Waals surface area (Å²) in [6.45, 7) is 6.14. The van der Waals surface area contributed by atoms with Gasteiger partial charge in [-0.15, -0.1) is 0 Å². The van der Waals surface area contributed by atoms with Crippen molar-refractivity contribution in [2.45, 2.75) is 38.6 Å². The van der Waals surface area contributed by atoms with E-state index in [4.69, 9.17) is 23.2 Å². The lowest BCUT2D eigenvalue weighted by molar-refractivity contribution is -0.127. The molecule has 2 N–H and O–H groups in total. The Balaban J connectivity index is 1.54. The second-order valence-electron chi connectivity index (χ2n) is 9.34. The van der Waals surface area contributed by atoms with Gasteiger partial charge in [-0.25, -0.2) is 9.69 Å². The molecule has 0 bridgehead atoms. The van der Waals surface area contributed by atoms with E-state index in [0.29, 0.717) is 27.2 Å². The number of nitrogens with one attached hydrogen (secondary N) is 2. The van der Waals surface area contributed by atoms with E-state index in [1.807, 2.05) is 19.2 Å². The van der Waals surface area contributed by atoms with Crippen molar-refractivity contribution < 1.29 is 14.4 Å². The third-order valence-corrected chi connectivity index (χ3v) is 7.02. The summed E-state index contributed by atoms with van der Waals surface area (Å²) in [7, 11) is 2.05. The van der Waals surface area contributed by atoms with Gasteiger partial charge in [-0.2, -0.15) is 0 Å². The van der Waals surface area contributed by atoms with Gasteiger partial charge in [0.05, 0.1) is 0 Å². The number of urea groups is 1. The number of hydrogen-bond acceptors (Lipinski definition) is 4. The molecule has 1 fully saturated rings. The lowest BCUT2D eigenvalue weighted by Gasteiger charge is -2.45. The first-order chi connectivity index (χ1) is 16.0.